The summed E-state index contributed by atoms with van der Waals surface area (Å²) in [6.07, 6.45) is 1.85. The monoisotopic (exact) mass is 223 g/mol. The third kappa shape index (κ3) is 2.14. The average molecular weight is 223 g/mol. The maximum atomic E-state index is 4.45. The van der Waals surface area contributed by atoms with Gasteiger partial charge in [-0.05, 0) is 24.4 Å². The molecule has 17 heavy (non-hydrogen) atoms. The number of pyridine rings is 1. The van der Waals surface area contributed by atoms with Gasteiger partial charge in [0.25, 0.3) is 0 Å². The van der Waals surface area contributed by atoms with E-state index in [1.165, 1.54) is 21.7 Å². The average Bonchev–Trinajstić information content (AvgIpc) is 2.41. The molecule has 2 aromatic carbocycles. The zero-order valence-corrected chi connectivity index (χ0v) is 10.6. The molecule has 1 nitrogen and oxygen atoms in total. The van der Waals surface area contributed by atoms with Gasteiger partial charge in [-0.15, -0.1) is 0 Å². The molecule has 0 atom stereocenters. The predicted molar refractivity (Wildman–Crippen MR) is 75.3 cm³/mol. The Labute approximate surface area is 102 Å². The van der Waals surface area contributed by atoms with Crippen LogP contribution in [0.1, 0.15) is 19.4 Å². The third-order valence-electron chi connectivity index (χ3n) is 2.75. The van der Waals surface area contributed by atoms with E-state index in [1.54, 1.807) is 0 Å². The molecule has 0 fully saturated rings. The van der Waals surface area contributed by atoms with Gasteiger partial charge in [-0.1, -0.05) is 49.7 Å². The van der Waals surface area contributed by atoms with Gasteiger partial charge >= 0.3 is 0 Å². The molecule has 1 aromatic heterocycles. The van der Waals surface area contributed by atoms with E-state index in [-0.39, 0.29) is 0 Å². The van der Waals surface area contributed by atoms with Gasteiger partial charge in [0.1, 0.15) is 0 Å². The van der Waals surface area contributed by atoms with Crippen molar-refractivity contribution in [2.75, 3.05) is 0 Å². The number of aromatic nitrogens is 1. The maximum Gasteiger partial charge on any atom is 0.0780 e. The zero-order chi connectivity index (χ0) is 12.3. The van der Waals surface area contributed by atoms with Crippen LogP contribution in [0.4, 0.5) is 0 Å². The molecule has 0 bridgehead atoms. The van der Waals surface area contributed by atoms with E-state index in [9.17, 15) is 0 Å². The van der Waals surface area contributed by atoms with Crippen LogP contribution in [0, 0.1) is 6.92 Å². The molecule has 0 aliphatic rings. The van der Waals surface area contributed by atoms with E-state index in [4.69, 9.17) is 0 Å². The van der Waals surface area contributed by atoms with E-state index in [0.29, 0.717) is 0 Å². The van der Waals surface area contributed by atoms with Gasteiger partial charge in [0.05, 0.1) is 5.52 Å². The standard InChI is InChI=1S/C14H11N.C2H6/c1-10-4-5-11-6-7-12-3-2-8-15-14(12)13(11)9-10;1-2/h2-9H,1H3;1-2H3. The number of hydrogen-bond acceptors (Lipinski definition) is 1. The Hall–Kier alpha value is -1.89. The lowest BCUT2D eigenvalue weighted by Crippen LogP contribution is -1.81. The fraction of sp³-hybridized carbons (Fsp3) is 0.188. The largest absolute Gasteiger partial charge is 0.256 e. The summed E-state index contributed by atoms with van der Waals surface area (Å²) in [5, 5.41) is 3.70. The number of nitrogens with zero attached hydrogens (tertiary/aromatic N) is 1. The molecule has 0 spiro atoms. The summed E-state index contributed by atoms with van der Waals surface area (Å²) >= 11 is 0. The summed E-state index contributed by atoms with van der Waals surface area (Å²) in [6, 6.07) is 14.8. The first-order chi connectivity index (χ1) is 8.34. The lowest BCUT2D eigenvalue weighted by atomic mass is 10.0. The molecule has 0 saturated heterocycles. The zero-order valence-electron chi connectivity index (χ0n) is 10.6. The van der Waals surface area contributed by atoms with Crippen molar-refractivity contribution in [3.8, 4) is 0 Å². The SMILES string of the molecule is CC.Cc1ccc2ccc3cccnc3c2c1. The third-order valence-corrected chi connectivity index (χ3v) is 2.75. The molecular weight excluding hydrogens is 206 g/mol. The fourth-order valence-corrected chi connectivity index (χ4v) is 1.98. The quantitative estimate of drug-likeness (QED) is 0.502. The molecule has 0 radical (unpaired) electrons. The molecule has 1 heterocycles. The summed E-state index contributed by atoms with van der Waals surface area (Å²) in [6.45, 7) is 6.11. The minimum absolute atomic E-state index is 1.10. The second-order valence-corrected chi connectivity index (χ2v) is 3.87. The van der Waals surface area contributed by atoms with Crippen molar-refractivity contribution in [2.45, 2.75) is 20.8 Å². The Morgan fingerprint density at radius 1 is 0.882 bits per heavy atom. The number of rotatable bonds is 0. The predicted octanol–water partition coefficient (Wildman–Crippen LogP) is 4.72. The van der Waals surface area contributed by atoms with E-state index >= 15 is 0 Å². The summed E-state index contributed by atoms with van der Waals surface area (Å²) in [7, 11) is 0. The van der Waals surface area contributed by atoms with Crippen LogP contribution in [0.3, 0.4) is 0 Å². The van der Waals surface area contributed by atoms with E-state index in [1.807, 2.05) is 26.1 Å². The number of hydrogen-bond donors (Lipinski definition) is 0. The van der Waals surface area contributed by atoms with Crippen LogP contribution in [-0.2, 0) is 0 Å². The van der Waals surface area contributed by atoms with Gasteiger partial charge < -0.3 is 0 Å². The molecule has 0 amide bonds. The number of benzene rings is 2. The van der Waals surface area contributed by atoms with Crippen LogP contribution >= 0.6 is 0 Å². The van der Waals surface area contributed by atoms with Crippen molar-refractivity contribution in [1.29, 1.82) is 0 Å². The summed E-state index contributed by atoms with van der Waals surface area (Å²) in [5.74, 6) is 0. The van der Waals surface area contributed by atoms with Gasteiger partial charge in [-0.3, -0.25) is 4.98 Å². The second kappa shape index (κ2) is 4.96. The molecule has 0 aliphatic carbocycles. The van der Waals surface area contributed by atoms with E-state index in [0.717, 1.165) is 5.52 Å². The highest BCUT2D eigenvalue weighted by Gasteiger charge is 2.00. The van der Waals surface area contributed by atoms with Crippen LogP contribution in [0.2, 0.25) is 0 Å². The number of fused-ring (bicyclic) bond motifs is 3. The van der Waals surface area contributed by atoms with Crippen LogP contribution in [0.5, 0.6) is 0 Å². The first kappa shape index (κ1) is 11.6. The van der Waals surface area contributed by atoms with Crippen molar-refractivity contribution in [3.63, 3.8) is 0 Å². The first-order valence-electron chi connectivity index (χ1n) is 6.09. The Balaban J connectivity index is 0.000000514. The Bertz CT molecular complexity index is 641. The summed E-state index contributed by atoms with van der Waals surface area (Å²) in [5.41, 5.74) is 2.37. The van der Waals surface area contributed by atoms with Crippen molar-refractivity contribution < 1.29 is 0 Å². The Kier molecular flexibility index (Phi) is 3.38. The van der Waals surface area contributed by atoms with Crippen LogP contribution in [-0.4, -0.2) is 4.98 Å². The lowest BCUT2D eigenvalue weighted by molar-refractivity contribution is 1.42. The Morgan fingerprint density at radius 2 is 1.59 bits per heavy atom. The molecule has 0 N–H and O–H groups in total. The molecule has 86 valence electrons. The molecule has 0 aliphatic heterocycles. The van der Waals surface area contributed by atoms with Gasteiger partial charge in [0, 0.05) is 17.0 Å². The smallest absolute Gasteiger partial charge is 0.0780 e. The normalized spacial score (nSPS) is 10.1. The highest BCUT2D eigenvalue weighted by molar-refractivity contribution is 6.05. The molecule has 0 saturated carbocycles. The fourth-order valence-electron chi connectivity index (χ4n) is 1.98. The topological polar surface area (TPSA) is 12.9 Å². The van der Waals surface area contributed by atoms with Crippen LogP contribution in [0.25, 0.3) is 21.7 Å². The van der Waals surface area contributed by atoms with Gasteiger partial charge in [-0.2, -0.15) is 0 Å². The first-order valence-corrected chi connectivity index (χ1v) is 6.09. The lowest BCUT2D eigenvalue weighted by Gasteiger charge is -2.03. The van der Waals surface area contributed by atoms with E-state index in [2.05, 4.69) is 48.3 Å². The summed E-state index contributed by atoms with van der Waals surface area (Å²) in [4.78, 5) is 4.45. The van der Waals surface area contributed by atoms with Gasteiger partial charge in [0.15, 0.2) is 0 Å². The molecular formula is C16H17N. The molecule has 3 rings (SSSR count). The van der Waals surface area contributed by atoms with Crippen molar-refractivity contribution >= 4 is 21.7 Å². The van der Waals surface area contributed by atoms with Gasteiger partial charge in [0.2, 0.25) is 0 Å². The minimum Gasteiger partial charge on any atom is -0.256 e. The van der Waals surface area contributed by atoms with E-state index < -0.39 is 0 Å². The second-order valence-electron chi connectivity index (χ2n) is 3.87. The molecule has 0 unspecified atom stereocenters. The highest BCUT2D eigenvalue weighted by atomic mass is 14.6. The summed E-state index contributed by atoms with van der Waals surface area (Å²) < 4.78 is 0. The van der Waals surface area contributed by atoms with Crippen molar-refractivity contribution in [3.05, 3.63) is 54.2 Å². The van der Waals surface area contributed by atoms with Gasteiger partial charge in [-0.25, -0.2) is 0 Å². The number of aryl methyl sites for hydroxylation is 1. The molecule has 3 aromatic rings. The van der Waals surface area contributed by atoms with Crippen molar-refractivity contribution in [1.82, 2.24) is 4.98 Å². The van der Waals surface area contributed by atoms with Crippen molar-refractivity contribution in [2.24, 2.45) is 0 Å². The highest BCUT2D eigenvalue weighted by Crippen LogP contribution is 2.24. The maximum absolute atomic E-state index is 4.45. The molecule has 1 heteroatoms. The van der Waals surface area contributed by atoms with Crippen LogP contribution < -0.4 is 0 Å². The minimum atomic E-state index is 1.10. The van der Waals surface area contributed by atoms with Crippen LogP contribution in [0.15, 0.2) is 48.7 Å². The Morgan fingerprint density at radius 3 is 2.41 bits per heavy atom.